The molecule has 1 saturated carbocycles. The lowest BCUT2D eigenvalue weighted by molar-refractivity contribution is 0.0600. The average molecular weight is 370 g/mol. The van der Waals surface area contributed by atoms with Gasteiger partial charge in [-0.25, -0.2) is 4.79 Å². The van der Waals surface area contributed by atoms with Crippen LogP contribution in [0.15, 0.2) is 30.3 Å². The number of anilines is 1. The number of esters is 1. The van der Waals surface area contributed by atoms with Gasteiger partial charge in [0.25, 0.3) is 0 Å². The predicted octanol–water partition coefficient (Wildman–Crippen LogP) is 5.79. The van der Waals surface area contributed by atoms with Crippen molar-refractivity contribution in [3.8, 4) is 0 Å². The van der Waals surface area contributed by atoms with Gasteiger partial charge in [0, 0.05) is 10.7 Å². The standard InChI is InChI=1S/C22H24ClNO2/c1-12-9-14(22(25)26-3)10-13(2)20(12)21-17-6-4-5-16(17)18-11-15(23)7-8-19(18)24-21/h7-11,16-17,21,24H,4-6H2,1-3H3/t16-,17+,21+/m1/s1. The molecule has 4 heteroatoms. The molecule has 1 N–H and O–H groups in total. The van der Waals surface area contributed by atoms with Gasteiger partial charge < -0.3 is 10.1 Å². The second kappa shape index (κ2) is 6.62. The Morgan fingerprint density at radius 2 is 1.88 bits per heavy atom. The van der Waals surface area contributed by atoms with Crippen LogP contribution in [0.5, 0.6) is 0 Å². The number of methoxy groups -OCH3 is 1. The Balaban J connectivity index is 1.79. The van der Waals surface area contributed by atoms with E-state index < -0.39 is 0 Å². The summed E-state index contributed by atoms with van der Waals surface area (Å²) < 4.78 is 4.89. The van der Waals surface area contributed by atoms with E-state index in [0.717, 1.165) is 16.1 Å². The number of hydrogen-bond donors (Lipinski definition) is 1. The molecule has 2 aromatic rings. The van der Waals surface area contributed by atoms with Crippen LogP contribution in [0.1, 0.15) is 63.8 Å². The number of benzene rings is 2. The average Bonchev–Trinajstić information content (AvgIpc) is 3.11. The Hall–Kier alpha value is -2.00. The number of aryl methyl sites for hydroxylation is 2. The number of nitrogens with one attached hydrogen (secondary N) is 1. The highest BCUT2D eigenvalue weighted by Crippen LogP contribution is 2.53. The predicted molar refractivity (Wildman–Crippen MR) is 105 cm³/mol. The number of hydrogen-bond acceptors (Lipinski definition) is 3. The van der Waals surface area contributed by atoms with E-state index in [9.17, 15) is 4.79 Å². The highest BCUT2D eigenvalue weighted by Gasteiger charge is 2.41. The zero-order chi connectivity index (χ0) is 18.4. The Morgan fingerprint density at radius 3 is 2.58 bits per heavy atom. The Morgan fingerprint density at radius 1 is 1.15 bits per heavy atom. The zero-order valence-corrected chi connectivity index (χ0v) is 16.2. The zero-order valence-electron chi connectivity index (χ0n) is 15.4. The first-order valence-electron chi connectivity index (χ1n) is 9.25. The molecular weight excluding hydrogens is 346 g/mol. The summed E-state index contributed by atoms with van der Waals surface area (Å²) in [5.41, 5.74) is 6.78. The maximum Gasteiger partial charge on any atom is 0.337 e. The summed E-state index contributed by atoms with van der Waals surface area (Å²) in [4.78, 5) is 11.9. The van der Waals surface area contributed by atoms with Crippen LogP contribution in [0.4, 0.5) is 5.69 Å². The Bertz CT molecular complexity index is 853. The minimum absolute atomic E-state index is 0.267. The van der Waals surface area contributed by atoms with Gasteiger partial charge in [0.1, 0.15) is 0 Å². The first-order valence-corrected chi connectivity index (χ1v) is 9.63. The lowest BCUT2D eigenvalue weighted by Gasteiger charge is -2.39. The first kappa shape index (κ1) is 17.4. The van der Waals surface area contributed by atoms with E-state index in [4.69, 9.17) is 16.3 Å². The normalized spacial score (nSPS) is 23.8. The molecule has 1 heterocycles. The Kier molecular flexibility index (Phi) is 4.44. The van der Waals surface area contributed by atoms with Crippen molar-refractivity contribution in [3.05, 3.63) is 63.2 Å². The summed E-state index contributed by atoms with van der Waals surface area (Å²) in [6.07, 6.45) is 3.68. The molecule has 2 aromatic carbocycles. The number of carbonyl (C=O) groups excluding carboxylic acids is 1. The van der Waals surface area contributed by atoms with Crippen molar-refractivity contribution >= 4 is 23.3 Å². The molecule has 1 aliphatic carbocycles. The fourth-order valence-electron chi connectivity index (χ4n) is 5.01. The highest BCUT2D eigenvalue weighted by atomic mass is 35.5. The largest absolute Gasteiger partial charge is 0.465 e. The molecule has 4 rings (SSSR count). The topological polar surface area (TPSA) is 38.3 Å². The molecule has 1 fully saturated rings. The summed E-state index contributed by atoms with van der Waals surface area (Å²) in [5.74, 6) is 0.828. The third kappa shape index (κ3) is 2.79. The van der Waals surface area contributed by atoms with Crippen molar-refractivity contribution in [2.45, 2.75) is 45.1 Å². The van der Waals surface area contributed by atoms with E-state index in [2.05, 4.69) is 31.3 Å². The van der Waals surface area contributed by atoms with Crippen molar-refractivity contribution in [2.75, 3.05) is 12.4 Å². The van der Waals surface area contributed by atoms with Crippen molar-refractivity contribution in [2.24, 2.45) is 5.92 Å². The molecule has 0 radical (unpaired) electrons. The van der Waals surface area contributed by atoms with Crippen LogP contribution in [0, 0.1) is 19.8 Å². The van der Waals surface area contributed by atoms with E-state index in [1.807, 2.05) is 18.2 Å². The maximum absolute atomic E-state index is 11.9. The first-order chi connectivity index (χ1) is 12.5. The Labute approximate surface area is 159 Å². The lowest BCUT2D eigenvalue weighted by Crippen LogP contribution is -2.30. The second-order valence-electron chi connectivity index (χ2n) is 7.57. The van der Waals surface area contributed by atoms with Crippen LogP contribution in [-0.4, -0.2) is 13.1 Å². The van der Waals surface area contributed by atoms with Gasteiger partial charge in [-0.2, -0.15) is 0 Å². The van der Waals surface area contributed by atoms with Gasteiger partial charge >= 0.3 is 5.97 Å². The van der Waals surface area contributed by atoms with E-state index in [-0.39, 0.29) is 12.0 Å². The summed E-state index contributed by atoms with van der Waals surface area (Å²) in [5, 5.41) is 4.59. The van der Waals surface area contributed by atoms with Gasteiger partial charge in [-0.15, -0.1) is 0 Å². The van der Waals surface area contributed by atoms with E-state index in [0.29, 0.717) is 17.4 Å². The fraction of sp³-hybridized carbons (Fsp3) is 0.409. The monoisotopic (exact) mass is 369 g/mol. The van der Waals surface area contributed by atoms with Crippen molar-refractivity contribution < 1.29 is 9.53 Å². The number of ether oxygens (including phenoxy) is 1. The molecule has 0 saturated heterocycles. The molecular formula is C22H24ClNO2. The molecule has 0 unspecified atom stereocenters. The molecule has 0 bridgehead atoms. The van der Waals surface area contributed by atoms with Crippen LogP contribution in [-0.2, 0) is 4.74 Å². The van der Waals surface area contributed by atoms with Gasteiger partial charge in [-0.1, -0.05) is 18.0 Å². The molecule has 26 heavy (non-hydrogen) atoms. The molecule has 3 atom stereocenters. The lowest BCUT2D eigenvalue weighted by atomic mass is 9.75. The molecule has 0 aromatic heterocycles. The maximum atomic E-state index is 11.9. The minimum atomic E-state index is -0.280. The SMILES string of the molecule is COC(=O)c1cc(C)c([C@H]2Nc3ccc(Cl)cc3[C@@H]3CCC[C@H]23)c(C)c1. The summed E-state index contributed by atoms with van der Waals surface area (Å²) in [7, 11) is 1.43. The van der Waals surface area contributed by atoms with Gasteiger partial charge in [0.15, 0.2) is 0 Å². The molecule has 3 nitrogen and oxygen atoms in total. The molecule has 2 aliphatic rings. The van der Waals surface area contributed by atoms with Gasteiger partial charge in [-0.05, 0) is 91.1 Å². The molecule has 136 valence electrons. The highest BCUT2D eigenvalue weighted by molar-refractivity contribution is 6.30. The van der Waals surface area contributed by atoms with Crippen molar-refractivity contribution in [3.63, 3.8) is 0 Å². The van der Waals surface area contributed by atoms with Crippen molar-refractivity contribution in [1.82, 2.24) is 0 Å². The summed E-state index contributed by atoms with van der Waals surface area (Å²) in [6, 6.07) is 10.4. The smallest absolute Gasteiger partial charge is 0.337 e. The minimum Gasteiger partial charge on any atom is -0.465 e. The quantitative estimate of drug-likeness (QED) is 0.680. The number of rotatable bonds is 2. The van der Waals surface area contributed by atoms with E-state index in [1.165, 1.54) is 43.2 Å². The van der Waals surface area contributed by atoms with Crippen LogP contribution in [0.2, 0.25) is 5.02 Å². The van der Waals surface area contributed by atoms with Gasteiger partial charge in [0.2, 0.25) is 0 Å². The molecule has 0 amide bonds. The number of carbonyl (C=O) groups is 1. The van der Waals surface area contributed by atoms with Crippen molar-refractivity contribution in [1.29, 1.82) is 0 Å². The second-order valence-corrected chi connectivity index (χ2v) is 8.01. The summed E-state index contributed by atoms with van der Waals surface area (Å²) in [6.45, 7) is 4.19. The van der Waals surface area contributed by atoms with Crippen LogP contribution < -0.4 is 5.32 Å². The summed E-state index contributed by atoms with van der Waals surface area (Å²) >= 11 is 6.26. The van der Waals surface area contributed by atoms with Crippen LogP contribution >= 0.6 is 11.6 Å². The molecule has 0 spiro atoms. The van der Waals surface area contributed by atoms with Crippen LogP contribution in [0.25, 0.3) is 0 Å². The molecule has 1 aliphatic heterocycles. The number of halogens is 1. The van der Waals surface area contributed by atoms with Crippen LogP contribution in [0.3, 0.4) is 0 Å². The number of fused-ring (bicyclic) bond motifs is 3. The van der Waals surface area contributed by atoms with Gasteiger partial charge in [0.05, 0.1) is 18.7 Å². The van der Waals surface area contributed by atoms with Gasteiger partial charge in [-0.3, -0.25) is 0 Å². The van der Waals surface area contributed by atoms with E-state index >= 15 is 0 Å². The van der Waals surface area contributed by atoms with E-state index in [1.54, 1.807) is 0 Å². The third-order valence-electron chi connectivity index (χ3n) is 6.05. The fourth-order valence-corrected chi connectivity index (χ4v) is 5.19. The third-order valence-corrected chi connectivity index (χ3v) is 6.28.